The van der Waals surface area contributed by atoms with Gasteiger partial charge in [-0.3, -0.25) is 14.6 Å². The van der Waals surface area contributed by atoms with Gasteiger partial charge in [0.2, 0.25) is 10.0 Å². The Hall–Kier alpha value is -4.58. The second-order valence-corrected chi connectivity index (χ2v) is 10.9. The molecule has 0 fully saturated rings. The molecule has 19 heteroatoms. The van der Waals surface area contributed by atoms with Crippen LogP contribution in [0.1, 0.15) is 21.6 Å². The van der Waals surface area contributed by atoms with Crippen molar-refractivity contribution >= 4 is 44.9 Å². The van der Waals surface area contributed by atoms with E-state index in [0.29, 0.717) is 16.8 Å². The molecule has 0 spiro atoms. The minimum Gasteiger partial charge on any atom is -0.487 e. The molecule has 1 amide bonds. The van der Waals surface area contributed by atoms with Crippen molar-refractivity contribution in [2.24, 2.45) is 5.73 Å². The molecule has 4 aromatic rings. The summed E-state index contributed by atoms with van der Waals surface area (Å²) in [4.78, 5) is 19.2. The number of carbonyl (C=O) groups is 1. The largest absolute Gasteiger partial charge is 0.487 e. The van der Waals surface area contributed by atoms with Gasteiger partial charge >= 0.3 is 12.4 Å². The van der Waals surface area contributed by atoms with Gasteiger partial charge in [-0.15, -0.1) is 0 Å². The zero-order valence-corrected chi connectivity index (χ0v) is 22.8. The highest BCUT2D eigenvalue weighted by molar-refractivity contribution is 7.92. The average Bonchev–Trinajstić information content (AvgIpc) is 3.31. The van der Waals surface area contributed by atoms with Gasteiger partial charge in [-0.05, 0) is 29.8 Å². The number of alkyl halides is 6. The van der Waals surface area contributed by atoms with Crippen LogP contribution in [-0.4, -0.2) is 46.4 Å². The second kappa shape index (κ2) is 12.0. The van der Waals surface area contributed by atoms with Crippen LogP contribution in [0.3, 0.4) is 0 Å². The van der Waals surface area contributed by atoms with Gasteiger partial charge in [0.1, 0.15) is 35.2 Å². The Balaban J connectivity index is 1.69. The van der Waals surface area contributed by atoms with Gasteiger partial charge in [-0.2, -0.15) is 31.4 Å². The molecule has 5 N–H and O–H groups in total. The number of aromatic nitrogens is 4. The Bertz CT molecular complexity index is 1730. The minimum absolute atomic E-state index is 0.0986. The molecule has 228 valence electrons. The summed E-state index contributed by atoms with van der Waals surface area (Å²) in [6, 6.07) is 9.83. The van der Waals surface area contributed by atoms with Crippen LogP contribution in [0.2, 0.25) is 5.02 Å². The number of nitrogens with zero attached hydrogens (tertiary/aromatic N) is 3. The number of H-pyrrole nitrogens is 1. The number of hydrogen-bond acceptors (Lipinski definition) is 8. The maximum absolute atomic E-state index is 12.8. The summed E-state index contributed by atoms with van der Waals surface area (Å²) in [5.74, 6) is -3.81. The summed E-state index contributed by atoms with van der Waals surface area (Å²) in [5, 5.41) is 9.45. The van der Waals surface area contributed by atoms with Crippen molar-refractivity contribution in [1.29, 1.82) is 0 Å². The van der Waals surface area contributed by atoms with Gasteiger partial charge in [0, 0.05) is 10.6 Å². The number of benzene rings is 2. The molecule has 0 bridgehead atoms. The van der Waals surface area contributed by atoms with E-state index in [1.807, 2.05) is 4.72 Å². The van der Waals surface area contributed by atoms with Gasteiger partial charge in [0.25, 0.3) is 5.91 Å². The van der Waals surface area contributed by atoms with E-state index in [0.717, 1.165) is 12.3 Å². The van der Waals surface area contributed by atoms with Crippen molar-refractivity contribution in [3.63, 3.8) is 0 Å². The molecule has 2 aromatic heterocycles. The first kappa shape index (κ1) is 31.4. The first-order chi connectivity index (χ1) is 20.0. The Kier molecular flexibility index (Phi) is 8.72. The van der Waals surface area contributed by atoms with E-state index >= 15 is 0 Å². The Morgan fingerprint density at radius 3 is 2.30 bits per heavy atom. The number of carbonyl (C=O) groups excluding carboxylic acids is 1. The number of ether oxygens (including phenoxy) is 1. The molecule has 0 radical (unpaired) electrons. The zero-order valence-electron chi connectivity index (χ0n) is 21.2. The molecule has 0 aliphatic rings. The monoisotopic (exact) mass is 649 g/mol. The van der Waals surface area contributed by atoms with Crippen molar-refractivity contribution in [1.82, 2.24) is 20.2 Å². The molecule has 0 aliphatic heterocycles. The minimum atomic E-state index is -5.03. The predicted octanol–water partition coefficient (Wildman–Crippen LogP) is 5.26. The number of nitrogens with one attached hydrogen (secondary N) is 3. The number of amides is 1. The average molecular weight is 650 g/mol. The van der Waals surface area contributed by atoms with Crippen LogP contribution in [-0.2, 0) is 22.8 Å². The number of aromatic amines is 1. The van der Waals surface area contributed by atoms with E-state index < -0.39 is 39.7 Å². The van der Waals surface area contributed by atoms with Crippen LogP contribution in [0, 0.1) is 0 Å². The summed E-state index contributed by atoms with van der Waals surface area (Å²) in [6.07, 6.45) is -8.53. The summed E-state index contributed by atoms with van der Waals surface area (Å²) in [7, 11) is -4.91. The maximum atomic E-state index is 12.8. The molecule has 0 atom stereocenters. The van der Waals surface area contributed by atoms with Gasteiger partial charge in [0.15, 0.2) is 11.4 Å². The second-order valence-electron chi connectivity index (χ2n) is 8.70. The van der Waals surface area contributed by atoms with E-state index in [9.17, 15) is 39.6 Å². The van der Waals surface area contributed by atoms with Gasteiger partial charge in [-0.1, -0.05) is 29.8 Å². The van der Waals surface area contributed by atoms with E-state index in [-0.39, 0.29) is 46.5 Å². The highest BCUT2D eigenvalue weighted by Gasteiger charge is 2.36. The van der Waals surface area contributed by atoms with Crippen LogP contribution in [0.4, 0.5) is 43.7 Å². The molecule has 43 heavy (non-hydrogen) atoms. The summed E-state index contributed by atoms with van der Waals surface area (Å²) in [6.45, 7) is -0.169. The SMILES string of the molecule is NC(=O)c1c(-c2ccc(NS(=O)(=O)CC(F)(F)F)c(OCc3ccc(Cl)cc3)c2)n[nH]c1Nc1cnc(C(F)(F)F)cn1. The third-order valence-corrected chi connectivity index (χ3v) is 6.88. The lowest BCUT2D eigenvalue weighted by atomic mass is 10.1. The van der Waals surface area contributed by atoms with Crippen molar-refractivity contribution < 1.29 is 44.3 Å². The molecule has 0 aliphatic carbocycles. The van der Waals surface area contributed by atoms with Crippen LogP contribution >= 0.6 is 11.6 Å². The number of halogens is 7. The maximum Gasteiger partial charge on any atom is 0.434 e. The smallest absolute Gasteiger partial charge is 0.434 e. The first-order valence-corrected chi connectivity index (χ1v) is 13.7. The third-order valence-electron chi connectivity index (χ3n) is 5.39. The molecular weight excluding hydrogens is 632 g/mol. The number of nitrogens with two attached hydrogens (primary N) is 1. The van der Waals surface area contributed by atoms with Gasteiger partial charge in [0.05, 0.1) is 18.1 Å². The lowest BCUT2D eigenvalue weighted by Gasteiger charge is -2.16. The molecule has 11 nitrogen and oxygen atoms in total. The molecule has 2 aromatic carbocycles. The van der Waals surface area contributed by atoms with Crippen molar-refractivity contribution in [2.75, 3.05) is 15.8 Å². The van der Waals surface area contributed by atoms with Gasteiger partial charge in [-0.25, -0.2) is 18.4 Å². The standard InChI is InChI=1S/C24H18ClF6N7O4S/c25-14-4-1-12(2-5-14)10-42-16-7-13(3-6-15(16)38-43(40,41)11-23(26,27)28)20-19(21(32)39)22(37-36-20)35-18-9-33-17(8-34-18)24(29,30)31/h1-9,38H,10-11H2,(H2,32,39)(H2,34,35,36,37). The molecule has 2 heterocycles. The number of anilines is 3. The fraction of sp³-hybridized carbons (Fsp3) is 0.167. The molecule has 0 saturated heterocycles. The van der Waals surface area contributed by atoms with E-state index in [1.165, 1.54) is 12.1 Å². The quantitative estimate of drug-likeness (QED) is 0.169. The highest BCUT2D eigenvalue weighted by atomic mass is 35.5. The number of hydrogen-bond donors (Lipinski definition) is 4. The Morgan fingerprint density at radius 2 is 1.72 bits per heavy atom. The Labute approximate surface area is 243 Å². The number of sulfonamides is 1. The van der Waals surface area contributed by atoms with E-state index in [4.69, 9.17) is 22.1 Å². The lowest BCUT2D eigenvalue weighted by Crippen LogP contribution is -2.28. The summed E-state index contributed by atoms with van der Waals surface area (Å²) < 4.78 is 109. The summed E-state index contributed by atoms with van der Waals surface area (Å²) >= 11 is 5.87. The molecular formula is C24H18ClF6N7O4S. The highest BCUT2D eigenvalue weighted by Crippen LogP contribution is 2.36. The van der Waals surface area contributed by atoms with Crippen molar-refractivity contribution in [3.8, 4) is 17.0 Å². The fourth-order valence-corrected chi connectivity index (χ4v) is 4.72. The number of primary amides is 1. The van der Waals surface area contributed by atoms with E-state index in [1.54, 1.807) is 24.3 Å². The zero-order chi connectivity index (χ0) is 31.6. The van der Waals surface area contributed by atoms with Crippen molar-refractivity contribution in [3.05, 3.63) is 76.7 Å². The molecule has 0 saturated carbocycles. The van der Waals surface area contributed by atoms with Gasteiger partial charge < -0.3 is 15.8 Å². The molecule has 0 unspecified atom stereocenters. The third kappa shape index (κ3) is 8.25. The summed E-state index contributed by atoms with van der Waals surface area (Å²) in [5.41, 5.74) is 4.19. The molecule has 4 rings (SSSR count). The lowest BCUT2D eigenvalue weighted by molar-refractivity contribution is -0.141. The normalized spacial score (nSPS) is 12.2. The number of rotatable bonds is 10. The van der Waals surface area contributed by atoms with E-state index in [2.05, 4.69) is 25.5 Å². The first-order valence-electron chi connectivity index (χ1n) is 11.6. The van der Waals surface area contributed by atoms with Crippen LogP contribution in [0.5, 0.6) is 5.75 Å². The van der Waals surface area contributed by atoms with Crippen LogP contribution < -0.4 is 20.5 Å². The van der Waals surface area contributed by atoms with Crippen molar-refractivity contribution in [2.45, 2.75) is 19.0 Å². The van der Waals surface area contributed by atoms with Crippen LogP contribution in [0.25, 0.3) is 11.3 Å². The fourth-order valence-electron chi connectivity index (χ4n) is 3.58. The van der Waals surface area contributed by atoms with Crippen LogP contribution in [0.15, 0.2) is 54.9 Å². The Morgan fingerprint density at radius 1 is 1.02 bits per heavy atom. The predicted molar refractivity (Wildman–Crippen MR) is 142 cm³/mol. The topological polar surface area (TPSA) is 165 Å².